The number of hydrogen-bond donors (Lipinski definition) is 1. The van der Waals surface area contributed by atoms with E-state index in [1.54, 1.807) is 0 Å². The van der Waals surface area contributed by atoms with E-state index in [2.05, 4.69) is 12.1 Å². The lowest BCUT2D eigenvalue weighted by molar-refractivity contribution is 0.669. The smallest absolute Gasteiger partial charge is 0.136 e. The fourth-order valence-corrected chi connectivity index (χ4v) is 2.68. The molecule has 1 heterocycles. The molecule has 2 nitrogen and oxygen atoms in total. The Kier molecular flexibility index (Phi) is 2.30. The summed E-state index contributed by atoms with van der Waals surface area (Å²) in [6.07, 6.45) is 0. The molecule has 0 saturated carbocycles. The third-order valence-corrected chi connectivity index (χ3v) is 3.62. The topological polar surface area (TPSA) is 39.2 Å². The van der Waals surface area contributed by atoms with Gasteiger partial charge in [0.2, 0.25) is 0 Å². The van der Waals surface area contributed by atoms with Gasteiger partial charge in [0.25, 0.3) is 0 Å². The highest BCUT2D eigenvalue weighted by atomic mass is 16.3. The van der Waals surface area contributed by atoms with Crippen LogP contribution >= 0.6 is 0 Å². The molecule has 0 spiro atoms. The molecule has 4 rings (SSSR count). The summed E-state index contributed by atoms with van der Waals surface area (Å²) in [5.74, 6) is 0. The van der Waals surface area contributed by atoms with Crippen molar-refractivity contribution in [3.63, 3.8) is 0 Å². The van der Waals surface area contributed by atoms with Gasteiger partial charge in [0.1, 0.15) is 11.2 Å². The highest BCUT2D eigenvalue weighted by Gasteiger charge is 2.11. The molecular formula is C18H13NO. The second-order valence-corrected chi connectivity index (χ2v) is 4.90. The molecule has 0 saturated heterocycles. The Morgan fingerprint density at radius 2 is 1.45 bits per heavy atom. The van der Waals surface area contributed by atoms with Crippen LogP contribution in [-0.2, 0) is 0 Å². The predicted molar refractivity (Wildman–Crippen MR) is 83.6 cm³/mol. The van der Waals surface area contributed by atoms with Crippen molar-refractivity contribution in [1.82, 2.24) is 0 Å². The first-order chi connectivity index (χ1) is 9.83. The molecule has 0 unspecified atom stereocenters. The van der Waals surface area contributed by atoms with Gasteiger partial charge < -0.3 is 10.2 Å². The number of anilines is 1. The molecule has 96 valence electrons. The van der Waals surface area contributed by atoms with E-state index in [0.29, 0.717) is 0 Å². The molecule has 3 aromatic carbocycles. The van der Waals surface area contributed by atoms with Gasteiger partial charge in [-0.1, -0.05) is 42.5 Å². The molecule has 2 N–H and O–H groups in total. The van der Waals surface area contributed by atoms with Crippen LogP contribution in [0.2, 0.25) is 0 Å². The third kappa shape index (κ3) is 1.58. The number of furan rings is 1. The van der Waals surface area contributed by atoms with Gasteiger partial charge in [-0.15, -0.1) is 0 Å². The van der Waals surface area contributed by atoms with Crippen molar-refractivity contribution >= 4 is 27.6 Å². The maximum absolute atomic E-state index is 5.91. The quantitative estimate of drug-likeness (QED) is 0.497. The van der Waals surface area contributed by atoms with Crippen LogP contribution in [0.1, 0.15) is 0 Å². The van der Waals surface area contributed by atoms with Crippen LogP contribution in [0.15, 0.2) is 71.1 Å². The van der Waals surface area contributed by atoms with Gasteiger partial charge >= 0.3 is 0 Å². The number of nitrogens with two attached hydrogens (primary N) is 1. The number of hydrogen-bond acceptors (Lipinski definition) is 2. The summed E-state index contributed by atoms with van der Waals surface area (Å²) in [6.45, 7) is 0. The molecule has 0 radical (unpaired) electrons. The zero-order valence-electron chi connectivity index (χ0n) is 10.8. The number of benzene rings is 3. The van der Waals surface area contributed by atoms with Gasteiger partial charge in [-0.05, 0) is 35.4 Å². The van der Waals surface area contributed by atoms with E-state index in [-0.39, 0.29) is 0 Å². The van der Waals surface area contributed by atoms with Crippen molar-refractivity contribution in [2.24, 2.45) is 0 Å². The van der Waals surface area contributed by atoms with Gasteiger partial charge in [-0.25, -0.2) is 0 Å². The second kappa shape index (κ2) is 4.14. The molecule has 0 fully saturated rings. The minimum Gasteiger partial charge on any atom is -0.456 e. The second-order valence-electron chi connectivity index (χ2n) is 4.90. The maximum Gasteiger partial charge on any atom is 0.136 e. The fourth-order valence-electron chi connectivity index (χ4n) is 2.68. The molecule has 0 atom stereocenters. The van der Waals surface area contributed by atoms with E-state index in [1.807, 2.05) is 54.6 Å². The van der Waals surface area contributed by atoms with E-state index in [9.17, 15) is 0 Å². The van der Waals surface area contributed by atoms with Crippen molar-refractivity contribution in [2.45, 2.75) is 0 Å². The third-order valence-electron chi connectivity index (χ3n) is 3.62. The van der Waals surface area contributed by atoms with Crippen LogP contribution in [0, 0.1) is 0 Å². The minimum atomic E-state index is 0.776. The zero-order valence-corrected chi connectivity index (χ0v) is 10.8. The average molecular weight is 259 g/mol. The van der Waals surface area contributed by atoms with Crippen molar-refractivity contribution < 1.29 is 4.42 Å². The lowest BCUT2D eigenvalue weighted by Gasteiger charge is -2.04. The summed E-state index contributed by atoms with van der Waals surface area (Å²) in [4.78, 5) is 0. The van der Waals surface area contributed by atoms with Crippen LogP contribution in [0.25, 0.3) is 33.1 Å². The molecule has 1 aromatic heterocycles. The summed E-state index contributed by atoms with van der Waals surface area (Å²) in [5.41, 5.74) is 10.7. The van der Waals surface area contributed by atoms with E-state index in [4.69, 9.17) is 10.2 Å². The molecule has 0 aliphatic heterocycles. The number of rotatable bonds is 1. The first-order valence-corrected chi connectivity index (χ1v) is 6.59. The van der Waals surface area contributed by atoms with Gasteiger partial charge in [-0.3, -0.25) is 0 Å². The summed E-state index contributed by atoms with van der Waals surface area (Å²) < 4.78 is 5.91. The van der Waals surface area contributed by atoms with Gasteiger partial charge in [0.15, 0.2) is 0 Å². The lowest BCUT2D eigenvalue weighted by atomic mass is 9.99. The van der Waals surface area contributed by atoms with E-state index < -0.39 is 0 Å². The summed E-state index contributed by atoms with van der Waals surface area (Å²) >= 11 is 0. The lowest BCUT2D eigenvalue weighted by Crippen LogP contribution is -1.84. The first kappa shape index (κ1) is 11.1. The minimum absolute atomic E-state index is 0.776. The van der Waals surface area contributed by atoms with Gasteiger partial charge in [0.05, 0.1) is 0 Å². The molecule has 2 heteroatoms. The zero-order chi connectivity index (χ0) is 13.5. The fraction of sp³-hybridized carbons (Fsp3) is 0. The Bertz CT molecular complexity index is 904. The summed E-state index contributed by atoms with van der Waals surface area (Å²) in [5, 5.41) is 2.31. The van der Waals surface area contributed by atoms with Crippen LogP contribution in [0.3, 0.4) is 0 Å². The predicted octanol–water partition coefficient (Wildman–Crippen LogP) is 4.84. The molecule has 0 aliphatic rings. The van der Waals surface area contributed by atoms with E-state index >= 15 is 0 Å². The van der Waals surface area contributed by atoms with E-state index in [1.165, 1.54) is 5.56 Å². The molecule has 0 amide bonds. The van der Waals surface area contributed by atoms with Gasteiger partial charge in [0, 0.05) is 16.5 Å². The monoisotopic (exact) mass is 259 g/mol. The molecule has 0 aliphatic carbocycles. The van der Waals surface area contributed by atoms with Crippen molar-refractivity contribution in [3.8, 4) is 11.1 Å². The van der Waals surface area contributed by atoms with Crippen LogP contribution in [0.4, 0.5) is 5.69 Å². The Balaban J connectivity index is 2.11. The highest BCUT2D eigenvalue weighted by molar-refractivity contribution is 6.12. The van der Waals surface area contributed by atoms with Gasteiger partial charge in [-0.2, -0.15) is 0 Å². The highest BCUT2D eigenvalue weighted by Crippen LogP contribution is 2.36. The standard InChI is InChI=1S/C18H13NO/c19-13-10-8-12(9-11-13)14-5-3-7-17-18(14)15-4-1-2-6-16(15)20-17/h1-11H,19H2. The first-order valence-electron chi connectivity index (χ1n) is 6.59. The van der Waals surface area contributed by atoms with Crippen LogP contribution < -0.4 is 5.73 Å². The number of nitrogen functional groups attached to an aromatic ring is 1. The van der Waals surface area contributed by atoms with Crippen LogP contribution in [0.5, 0.6) is 0 Å². The Labute approximate surface area is 116 Å². The number of fused-ring (bicyclic) bond motifs is 3. The van der Waals surface area contributed by atoms with Crippen LogP contribution in [-0.4, -0.2) is 0 Å². The maximum atomic E-state index is 5.91. The Morgan fingerprint density at radius 1 is 0.700 bits per heavy atom. The average Bonchev–Trinajstić information content (AvgIpc) is 2.86. The van der Waals surface area contributed by atoms with Crippen molar-refractivity contribution in [3.05, 3.63) is 66.7 Å². The molecule has 20 heavy (non-hydrogen) atoms. The number of para-hydroxylation sites is 1. The molecular weight excluding hydrogens is 246 g/mol. The normalized spacial score (nSPS) is 11.2. The SMILES string of the molecule is Nc1ccc(-c2cccc3oc4ccccc4c23)cc1. The Hall–Kier alpha value is -2.74. The summed E-state index contributed by atoms with van der Waals surface area (Å²) in [6, 6.07) is 22.2. The summed E-state index contributed by atoms with van der Waals surface area (Å²) in [7, 11) is 0. The van der Waals surface area contributed by atoms with E-state index in [0.717, 1.165) is 33.2 Å². The largest absolute Gasteiger partial charge is 0.456 e. The molecule has 0 bridgehead atoms. The molecule has 4 aromatic rings. The van der Waals surface area contributed by atoms with Crippen molar-refractivity contribution in [1.29, 1.82) is 0 Å². The van der Waals surface area contributed by atoms with Crippen molar-refractivity contribution in [2.75, 3.05) is 5.73 Å². The Morgan fingerprint density at radius 3 is 2.30 bits per heavy atom.